The van der Waals surface area contributed by atoms with Crippen molar-refractivity contribution in [2.24, 2.45) is 0 Å². The Hall–Kier alpha value is -2.03. The Kier molecular flexibility index (Phi) is 3.95. The molecule has 0 saturated carbocycles. The van der Waals surface area contributed by atoms with E-state index in [1.54, 1.807) is 7.11 Å². The van der Waals surface area contributed by atoms with Gasteiger partial charge in [-0.3, -0.25) is 0 Å². The summed E-state index contributed by atoms with van der Waals surface area (Å²) in [7, 11) is 5.71. The molecule has 0 aliphatic carbocycles. The van der Waals surface area contributed by atoms with Crippen molar-refractivity contribution >= 4 is 5.69 Å². The summed E-state index contributed by atoms with van der Waals surface area (Å²) < 4.78 is 19.0. The van der Waals surface area contributed by atoms with Crippen molar-refractivity contribution in [1.82, 2.24) is 20.2 Å². The van der Waals surface area contributed by atoms with Gasteiger partial charge in [0.2, 0.25) is 0 Å². The lowest BCUT2D eigenvalue weighted by molar-refractivity contribution is -0.00906. The molecule has 1 aromatic heterocycles. The van der Waals surface area contributed by atoms with Crippen molar-refractivity contribution < 1.29 is 14.2 Å². The average Bonchev–Trinajstić information content (AvgIpc) is 3.30. The third-order valence-electron chi connectivity index (χ3n) is 4.73. The fraction of sp³-hybridized carbons (Fsp3) is 0.562. The number of nitrogens with zero attached hydrogens (tertiary/aromatic N) is 5. The summed E-state index contributed by atoms with van der Waals surface area (Å²) in [6.07, 6.45) is -0.175. The average molecular weight is 331 g/mol. The van der Waals surface area contributed by atoms with Crippen LogP contribution in [0.2, 0.25) is 0 Å². The van der Waals surface area contributed by atoms with E-state index in [4.69, 9.17) is 14.2 Å². The van der Waals surface area contributed by atoms with E-state index in [0.29, 0.717) is 13.2 Å². The molecule has 0 radical (unpaired) electrons. The largest absolute Gasteiger partial charge is 0.378 e. The molecule has 2 fully saturated rings. The highest BCUT2D eigenvalue weighted by atomic mass is 16.6. The lowest BCUT2D eigenvalue weighted by atomic mass is 10.1. The zero-order valence-corrected chi connectivity index (χ0v) is 14.0. The minimum atomic E-state index is -0.0850. The van der Waals surface area contributed by atoms with Crippen LogP contribution in [-0.2, 0) is 14.2 Å². The molecule has 0 N–H and O–H groups in total. The third kappa shape index (κ3) is 2.47. The summed E-state index contributed by atoms with van der Waals surface area (Å²) in [4.78, 5) is 2.05. The van der Waals surface area contributed by atoms with Gasteiger partial charge in [-0.25, -0.2) is 4.68 Å². The summed E-state index contributed by atoms with van der Waals surface area (Å²) in [5.74, 6) is 0.721. The Labute approximate surface area is 140 Å². The second-order valence-electron chi connectivity index (χ2n) is 6.33. The van der Waals surface area contributed by atoms with Crippen LogP contribution in [0.25, 0.3) is 11.4 Å². The number of methoxy groups -OCH3 is 1. The van der Waals surface area contributed by atoms with Gasteiger partial charge in [0.15, 0.2) is 5.82 Å². The highest BCUT2D eigenvalue weighted by Gasteiger charge is 2.49. The molecule has 8 heteroatoms. The maximum Gasteiger partial charge on any atom is 0.182 e. The first-order valence-electron chi connectivity index (χ1n) is 8.00. The van der Waals surface area contributed by atoms with E-state index >= 15 is 0 Å². The van der Waals surface area contributed by atoms with Gasteiger partial charge in [-0.2, -0.15) is 0 Å². The van der Waals surface area contributed by atoms with E-state index < -0.39 is 0 Å². The van der Waals surface area contributed by atoms with Crippen molar-refractivity contribution in [1.29, 1.82) is 0 Å². The van der Waals surface area contributed by atoms with Crippen LogP contribution in [0.15, 0.2) is 24.3 Å². The molecule has 1 aromatic carbocycles. The molecule has 0 amide bonds. The number of hydrogen-bond acceptors (Lipinski definition) is 7. The number of hydrogen-bond donors (Lipinski definition) is 0. The molecule has 2 aliphatic rings. The summed E-state index contributed by atoms with van der Waals surface area (Å²) in [6, 6.07) is 8.11. The number of tetrazole rings is 1. The molecule has 4 atom stereocenters. The van der Waals surface area contributed by atoms with Crippen LogP contribution in [-0.4, -0.2) is 72.9 Å². The molecular weight excluding hydrogens is 310 g/mol. The molecule has 24 heavy (non-hydrogen) atoms. The van der Waals surface area contributed by atoms with Gasteiger partial charge in [-0.1, -0.05) is 0 Å². The molecule has 2 aliphatic heterocycles. The molecule has 0 spiro atoms. The van der Waals surface area contributed by atoms with E-state index in [0.717, 1.165) is 17.1 Å². The smallest absolute Gasteiger partial charge is 0.182 e. The molecule has 4 rings (SSSR count). The summed E-state index contributed by atoms with van der Waals surface area (Å²) in [6.45, 7) is 1.06. The summed E-state index contributed by atoms with van der Waals surface area (Å²) >= 11 is 0. The maximum absolute atomic E-state index is 5.89. The van der Waals surface area contributed by atoms with Gasteiger partial charge in [0.05, 0.1) is 13.2 Å². The minimum Gasteiger partial charge on any atom is -0.378 e. The standard InChI is InChI=1S/C16H21N5O3/c1-20(2)11-6-4-10(5-7-11)16-17-18-19-21(16)12-8-23-15-13(22-3)9-24-14(12)15/h4-7,12-15H,8-9H2,1-3H3. The van der Waals surface area contributed by atoms with Crippen LogP contribution in [0, 0.1) is 0 Å². The Bertz CT molecular complexity index is 702. The van der Waals surface area contributed by atoms with Gasteiger partial charge in [0.25, 0.3) is 0 Å². The van der Waals surface area contributed by atoms with E-state index in [-0.39, 0.29) is 24.4 Å². The molecule has 2 aromatic rings. The predicted molar refractivity (Wildman–Crippen MR) is 86.9 cm³/mol. The summed E-state index contributed by atoms with van der Waals surface area (Å²) in [5, 5.41) is 12.3. The highest BCUT2D eigenvalue weighted by Crippen LogP contribution is 2.36. The summed E-state index contributed by atoms with van der Waals surface area (Å²) in [5.41, 5.74) is 2.10. The SMILES string of the molecule is COC1COC2C1OCC2n1nnnc1-c1ccc(N(C)C)cc1. The first-order valence-corrected chi connectivity index (χ1v) is 8.00. The molecule has 128 valence electrons. The lowest BCUT2D eigenvalue weighted by Gasteiger charge is -2.17. The molecule has 8 nitrogen and oxygen atoms in total. The van der Waals surface area contributed by atoms with Crippen molar-refractivity contribution in [2.75, 3.05) is 39.3 Å². The Morgan fingerprint density at radius 1 is 1.12 bits per heavy atom. The van der Waals surface area contributed by atoms with Gasteiger partial charge in [0, 0.05) is 32.5 Å². The van der Waals surface area contributed by atoms with Crippen molar-refractivity contribution in [3.8, 4) is 11.4 Å². The second kappa shape index (κ2) is 6.12. The van der Waals surface area contributed by atoms with Crippen molar-refractivity contribution in [2.45, 2.75) is 24.4 Å². The van der Waals surface area contributed by atoms with Crippen molar-refractivity contribution in [3.63, 3.8) is 0 Å². The Balaban J connectivity index is 1.61. The highest BCUT2D eigenvalue weighted by molar-refractivity contribution is 5.60. The van der Waals surface area contributed by atoms with Gasteiger partial charge >= 0.3 is 0 Å². The number of anilines is 1. The van der Waals surface area contributed by atoms with Crippen LogP contribution in [0.5, 0.6) is 0 Å². The topological polar surface area (TPSA) is 74.5 Å². The first kappa shape index (κ1) is 15.5. The van der Waals surface area contributed by atoms with Crippen LogP contribution in [0.3, 0.4) is 0 Å². The number of rotatable bonds is 4. The van der Waals surface area contributed by atoms with E-state index in [9.17, 15) is 0 Å². The lowest BCUT2D eigenvalue weighted by Crippen LogP contribution is -2.31. The second-order valence-corrected chi connectivity index (χ2v) is 6.33. The fourth-order valence-corrected chi connectivity index (χ4v) is 3.37. The predicted octanol–water partition coefficient (Wildman–Crippen LogP) is 0.760. The Morgan fingerprint density at radius 3 is 2.58 bits per heavy atom. The monoisotopic (exact) mass is 331 g/mol. The van der Waals surface area contributed by atoms with Crippen molar-refractivity contribution in [3.05, 3.63) is 24.3 Å². The van der Waals surface area contributed by atoms with E-state index in [2.05, 4.69) is 32.6 Å². The molecular formula is C16H21N5O3. The maximum atomic E-state index is 5.89. The fourth-order valence-electron chi connectivity index (χ4n) is 3.37. The minimum absolute atomic E-state index is 0.0284. The molecule has 0 bridgehead atoms. The molecule has 3 heterocycles. The quantitative estimate of drug-likeness (QED) is 0.819. The number of fused-ring (bicyclic) bond motifs is 1. The van der Waals surface area contributed by atoms with E-state index in [1.165, 1.54) is 0 Å². The van der Waals surface area contributed by atoms with Crippen LogP contribution < -0.4 is 4.90 Å². The van der Waals surface area contributed by atoms with Gasteiger partial charge in [0.1, 0.15) is 24.4 Å². The Morgan fingerprint density at radius 2 is 1.88 bits per heavy atom. The van der Waals surface area contributed by atoms with Crippen LogP contribution in [0.4, 0.5) is 5.69 Å². The van der Waals surface area contributed by atoms with Crippen LogP contribution in [0.1, 0.15) is 6.04 Å². The van der Waals surface area contributed by atoms with Gasteiger partial charge in [-0.15, -0.1) is 5.10 Å². The number of aromatic nitrogens is 4. The van der Waals surface area contributed by atoms with Gasteiger partial charge in [-0.05, 0) is 34.7 Å². The zero-order valence-electron chi connectivity index (χ0n) is 14.0. The molecule has 2 saturated heterocycles. The molecule has 4 unspecified atom stereocenters. The third-order valence-corrected chi connectivity index (χ3v) is 4.73. The number of benzene rings is 1. The number of ether oxygens (including phenoxy) is 3. The normalized spacial score (nSPS) is 29.0. The zero-order chi connectivity index (χ0) is 16.7. The van der Waals surface area contributed by atoms with Crippen LogP contribution >= 0.6 is 0 Å². The van der Waals surface area contributed by atoms with Gasteiger partial charge < -0.3 is 19.1 Å². The first-order chi connectivity index (χ1) is 11.7. The van der Waals surface area contributed by atoms with E-state index in [1.807, 2.05) is 30.9 Å².